The van der Waals surface area contributed by atoms with Crippen molar-refractivity contribution in [1.82, 2.24) is 31.5 Å². The van der Waals surface area contributed by atoms with Crippen LogP contribution in [0.25, 0.3) is 11.3 Å². The van der Waals surface area contributed by atoms with E-state index in [4.69, 9.17) is 9.47 Å². The topological polar surface area (TPSA) is 158 Å². The third-order valence-corrected chi connectivity index (χ3v) is 12.6. The van der Waals surface area contributed by atoms with Crippen LogP contribution >= 0.6 is 11.8 Å². The van der Waals surface area contributed by atoms with Gasteiger partial charge in [-0.1, -0.05) is 58.9 Å². The zero-order valence-corrected chi connectivity index (χ0v) is 35.6. The number of hydrogen-bond donors (Lipinski definition) is 6. The molecule has 12 nitrogen and oxygen atoms in total. The number of nitrogens with zero attached hydrogens (tertiary/aromatic N) is 1. The zero-order chi connectivity index (χ0) is 41.3. The highest BCUT2D eigenvalue weighted by atomic mass is 32.2. The Balaban J connectivity index is 0.000000725. The molecule has 2 aromatic carbocycles. The van der Waals surface area contributed by atoms with Crippen LogP contribution in [0.15, 0.2) is 36.4 Å². The Morgan fingerprint density at radius 2 is 1.72 bits per heavy atom. The van der Waals surface area contributed by atoms with Gasteiger partial charge in [0.15, 0.2) is 17.3 Å². The van der Waals surface area contributed by atoms with E-state index in [0.29, 0.717) is 67.2 Å². The molecule has 3 aromatic rings. The zero-order valence-electron chi connectivity index (χ0n) is 34.8. The van der Waals surface area contributed by atoms with Crippen LogP contribution < -0.4 is 36.1 Å². The van der Waals surface area contributed by atoms with Crippen molar-refractivity contribution in [2.45, 2.75) is 128 Å². The summed E-state index contributed by atoms with van der Waals surface area (Å²) in [5, 5.41) is 23.1. The number of benzene rings is 2. The fraction of sp³-hybridized carbons (Fsp3) is 0.591. The molecule has 4 amide bonds. The van der Waals surface area contributed by atoms with Gasteiger partial charge in [0.25, 0.3) is 0 Å². The van der Waals surface area contributed by atoms with Gasteiger partial charge in [-0.3, -0.25) is 14.7 Å². The van der Waals surface area contributed by atoms with Crippen LogP contribution in [0.2, 0.25) is 0 Å². The molecule has 3 heterocycles. The molecule has 6 rings (SSSR count). The molecule has 2 fully saturated rings. The molecular weight excluding hydrogens is 758 g/mol. The number of ether oxygens (including phenoxy) is 2. The third kappa shape index (κ3) is 13.3. The second-order valence-electron chi connectivity index (χ2n) is 15.6. The van der Waals surface area contributed by atoms with Crippen LogP contribution in [0.1, 0.15) is 115 Å². The van der Waals surface area contributed by atoms with E-state index in [9.17, 15) is 18.8 Å². The van der Waals surface area contributed by atoms with Gasteiger partial charge in [-0.2, -0.15) is 16.9 Å². The Bertz CT molecular complexity index is 1790. The number of anilines is 2. The lowest BCUT2D eigenvalue weighted by Gasteiger charge is -2.16. The summed E-state index contributed by atoms with van der Waals surface area (Å²) >= 11 is 1.90. The quantitative estimate of drug-likeness (QED) is 0.0322. The smallest absolute Gasteiger partial charge is 0.315 e. The molecule has 0 saturated carbocycles. The van der Waals surface area contributed by atoms with E-state index >= 15 is 0 Å². The Hall–Kier alpha value is -4.46. The predicted octanol–water partition coefficient (Wildman–Crippen LogP) is 8.38. The van der Waals surface area contributed by atoms with Crippen LogP contribution in [0, 0.1) is 11.7 Å². The average molecular weight is 822 g/mol. The van der Waals surface area contributed by atoms with Crippen LogP contribution in [-0.2, 0) is 16.0 Å². The molecule has 4 unspecified atom stereocenters. The van der Waals surface area contributed by atoms with E-state index in [1.54, 1.807) is 19.2 Å². The van der Waals surface area contributed by atoms with Gasteiger partial charge in [0.05, 0.1) is 31.5 Å². The lowest BCUT2D eigenvalue weighted by Crippen LogP contribution is -2.36. The lowest BCUT2D eigenvalue weighted by molar-refractivity contribution is -0.121. The number of thioether (sulfide) groups is 1. The van der Waals surface area contributed by atoms with Gasteiger partial charge < -0.3 is 36.1 Å². The van der Waals surface area contributed by atoms with Crippen molar-refractivity contribution in [3.8, 4) is 22.8 Å². The monoisotopic (exact) mass is 821 g/mol. The molecule has 3 aliphatic rings. The summed E-state index contributed by atoms with van der Waals surface area (Å²) in [5.74, 6) is 3.61. The van der Waals surface area contributed by atoms with Crippen LogP contribution in [0.4, 0.5) is 20.7 Å². The average Bonchev–Trinajstić information content (AvgIpc) is 3.98. The summed E-state index contributed by atoms with van der Waals surface area (Å²) in [4.78, 5) is 36.0. The molecule has 2 aliphatic heterocycles. The number of H-pyrrole nitrogens is 1. The minimum atomic E-state index is -0.315. The number of urea groups is 1. The Labute approximate surface area is 347 Å². The molecule has 1 aliphatic carbocycles. The maximum atomic E-state index is 13.7. The maximum absolute atomic E-state index is 13.7. The number of fused-ring (bicyclic) bond motifs is 4. The second-order valence-corrected chi connectivity index (χ2v) is 16.9. The molecule has 0 radical (unpaired) electrons. The minimum Gasteiger partial charge on any atom is -0.493 e. The van der Waals surface area contributed by atoms with Crippen molar-refractivity contribution in [2.75, 3.05) is 37.9 Å². The summed E-state index contributed by atoms with van der Waals surface area (Å²) in [7, 11) is 1.62. The molecule has 0 bridgehead atoms. The van der Waals surface area contributed by atoms with Gasteiger partial charge in [-0.25, -0.2) is 9.18 Å². The first-order valence-electron chi connectivity index (χ1n) is 21.3. The minimum absolute atomic E-state index is 0.0137. The Morgan fingerprint density at radius 3 is 2.45 bits per heavy atom. The van der Waals surface area contributed by atoms with Crippen molar-refractivity contribution in [3.63, 3.8) is 0 Å². The number of carbonyl (C=O) groups excluding carboxylic acids is 3. The normalized spacial score (nSPS) is 17.8. The third-order valence-electron chi connectivity index (χ3n) is 11.1. The summed E-state index contributed by atoms with van der Waals surface area (Å²) in [6.07, 6.45) is 12.9. The van der Waals surface area contributed by atoms with E-state index in [2.05, 4.69) is 57.6 Å². The first-order chi connectivity index (χ1) is 28.2. The van der Waals surface area contributed by atoms with Crippen molar-refractivity contribution >= 4 is 41.1 Å². The van der Waals surface area contributed by atoms with Crippen molar-refractivity contribution in [1.29, 1.82) is 0 Å². The van der Waals surface area contributed by atoms with Crippen molar-refractivity contribution < 1.29 is 28.2 Å². The maximum Gasteiger partial charge on any atom is 0.315 e. The number of carbonyl (C=O) groups is 3. The number of unbranched alkanes of at least 4 members (excludes halogenated alkanes) is 4. The molecule has 6 N–H and O–H groups in total. The number of nitrogens with one attached hydrogen (secondary N) is 6. The number of hydrogen-bond acceptors (Lipinski definition) is 8. The summed E-state index contributed by atoms with van der Waals surface area (Å²) in [6, 6.07) is 10.6. The molecule has 318 valence electrons. The predicted molar refractivity (Wildman–Crippen MR) is 231 cm³/mol. The SMILES string of the molecule is CCCCC(C)CC.COc1cc2c(cc1OCCCCNC(=O)CCCCNC(=O)CCCCC1SCC3NC(=O)NC31)-c1[nH]nc(Nc3cccc(F)c3)c1C2. The highest BCUT2D eigenvalue weighted by Crippen LogP contribution is 2.44. The largest absolute Gasteiger partial charge is 0.493 e. The van der Waals surface area contributed by atoms with Crippen LogP contribution in [0.5, 0.6) is 11.5 Å². The van der Waals surface area contributed by atoms with Crippen LogP contribution in [-0.4, -0.2) is 77.9 Å². The van der Waals surface area contributed by atoms with Gasteiger partial charge in [-0.05, 0) is 80.3 Å². The number of rotatable bonds is 23. The van der Waals surface area contributed by atoms with E-state index in [-0.39, 0.29) is 35.7 Å². The van der Waals surface area contributed by atoms with E-state index in [0.717, 1.165) is 79.0 Å². The van der Waals surface area contributed by atoms with Gasteiger partial charge in [-0.15, -0.1) is 0 Å². The number of aromatic nitrogens is 2. The lowest BCUT2D eigenvalue weighted by atomic mass is 10.0. The Morgan fingerprint density at radius 1 is 0.966 bits per heavy atom. The van der Waals surface area contributed by atoms with Gasteiger partial charge in [0.2, 0.25) is 11.8 Å². The number of aromatic amines is 1. The number of methoxy groups -OCH3 is 1. The fourth-order valence-corrected chi connectivity index (χ4v) is 9.04. The van der Waals surface area contributed by atoms with E-state index in [1.165, 1.54) is 37.8 Å². The van der Waals surface area contributed by atoms with Gasteiger partial charge in [0, 0.05) is 60.2 Å². The highest BCUT2D eigenvalue weighted by molar-refractivity contribution is 8.00. The van der Waals surface area contributed by atoms with Crippen LogP contribution in [0.3, 0.4) is 0 Å². The summed E-state index contributed by atoms with van der Waals surface area (Å²) < 4.78 is 25.4. The molecular formula is C44H64FN7O5S. The Kier molecular flexibility index (Phi) is 17.9. The van der Waals surface area contributed by atoms with Gasteiger partial charge in [0.1, 0.15) is 5.82 Å². The first kappa shape index (κ1) is 44.6. The molecule has 58 heavy (non-hydrogen) atoms. The first-order valence-corrected chi connectivity index (χ1v) is 22.4. The van der Waals surface area contributed by atoms with Crippen molar-refractivity contribution in [3.05, 3.63) is 53.3 Å². The molecule has 0 spiro atoms. The second kappa shape index (κ2) is 23.2. The molecule has 4 atom stereocenters. The van der Waals surface area contributed by atoms with Crippen molar-refractivity contribution in [2.24, 2.45) is 5.92 Å². The number of amides is 4. The molecule has 14 heteroatoms. The van der Waals surface area contributed by atoms with Gasteiger partial charge >= 0.3 is 6.03 Å². The van der Waals surface area contributed by atoms with E-state index < -0.39 is 0 Å². The summed E-state index contributed by atoms with van der Waals surface area (Å²) in [6.45, 7) is 8.47. The fourth-order valence-electron chi connectivity index (χ4n) is 7.49. The standard InChI is InChI=1S/C36H46FN7O5S.C8H18/c1-48-28-18-22-17-26-33(43-44-35(26)40-24-10-8-9-23(37)19-24)25(22)20-29(28)49-16-7-6-15-39-32(46)13-4-5-14-38-31(45)12-3-2-11-30-34-27(21-50-30)41-36(47)42-34;1-4-6-7-8(3)5-2/h8-10,18-20,27,30,34H,2-7,11-17,21H2,1H3,(H,38,45)(H,39,46)(H2,40,43,44)(H2,41,42,47);8H,4-7H2,1-3H3. The molecule has 1 aromatic heterocycles. The molecule has 2 saturated heterocycles. The number of halogens is 1. The summed E-state index contributed by atoms with van der Waals surface area (Å²) in [5.41, 5.74) is 4.62. The highest BCUT2D eigenvalue weighted by Gasteiger charge is 2.42. The van der Waals surface area contributed by atoms with E-state index in [1.807, 2.05) is 23.9 Å².